The van der Waals surface area contributed by atoms with Gasteiger partial charge in [0.25, 0.3) is 5.91 Å². The monoisotopic (exact) mass is 263 g/mol. The van der Waals surface area contributed by atoms with Gasteiger partial charge in [0.1, 0.15) is 17.3 Å². The summed E-state index contributed by atoms with van der Waals surface area (Å²) in [4.78, 5) is 19.9. The van der Waals surface area contributed by atoms with E-state index in [2.05, 4.69) is 20.7 Å². The molecule has 0 aliphatic rings. The van der Waals surface area contributed by atoms with Crippen LogP contribution in [0.2, 0.25) is 5.02 Å². The molecular weight excluding hydrogens is 254 g/mol. The number of nitrogens with zero attached hydrogens (tertiary/aromatic N) is 2. The van der Waals surface area contributed by atoms with Crippen LogP contribution in [0.4, 0.5) is 11.6 Å². The molecule has 0 saturated carbocycles. The molecule has 1 amide bonds. The highest BCUT2D eigenvalue weighted by Gasteiger charge is 2.13. The third-order valence-electron chi connectivity index (χ3n) is 2.12. The number of halogens is 1. The summed E-state index contributed by atoms with van der Waals surface area (Å²) in [6.45, 7) is 0. The van der Waals surface area contributed by atoms with Gasteiger partial charge in [0.2, 0.25) is 0 Å². The van der Waals surface area contributed by atoms with Crippen molar-refractivity contribution in [3.05, 3.63) is 47.2 Å². The average Bonchev–Trinajstić information content (AvgIpc) is 2.40. The molecule has 0 aliphatic heterocycles. The van der Waals surface area contributed by atoms with E-state index in [4.69, 9.17) is 17.4 Å². The normalized spacial score (nSPS) is 9.89. The molecule has 0 fully saturated rings. The van der Waals surface area contributed by atoms with Crippen molar-refractivity contribution >= 4 is 29.1 Å². The molecule has 2 aromatic rings. The second kappa shape index (κ2) is 5.44. The molecule has 2 rings (SSSR count). The zero-order valence-electron chi connectivity index (χ0n) is 9.22. The number of rotatable bonds is 3. The molecule has 0 unspecified atom stereocenters. The van der Waals surface area contributed by atoms with Gasteiger partial charge in [0.15, 0.2) is 0 Å². The van der Waals surface area contributed by atoms with Gasteiger partial charge in [0.05, 0.1) is 5.02 Å². The van der Waals surface area contributed by atoms with Gasteiger partial charge in [-0.3, -0.25) is 4.79 Å². The summed E-state index contributed by atoms with van der Waals surface area (Å²) in [6.07, 6.45) is 1.57. The molecular formula is C11H10ClN5O. The van der Waals surface area contributed by atoms with E-state index in [0.717, 1.165) is 0 Å². The van der Waals surface area contributed by atoms with Crippen LogP contribution in [0.5, 0.6) is 0 Å². The van der Waals surface area contributed by atoms with E-state index in [1.807, 2.05) is 0 Å². The van der Waals surface area contributed by atoms with Crippen molar-refractivity contribution in [3.63, 3.8) is 0 Å². The Labute approximate surface area is 108 Å². The number of nitrogens with one attached hydrogen (secondary N) is 2. The van der Waals surface area contributed by atoms with E-state index >= 15 is 0 Å². The van der Waals surface area contributed by atoms with Crippen molar-refractivity contribution in [2.45, 2.75) is 0 Å². The molecule has 92 valence electrons. The Morgan fingerprint density at radius 3 is 2.72 bits per heavy atom. The molecule has 7 heteroatoms. The number of hydrogen-bond acceptors (Lipinski definition) is 5. The summed E-state index contributed by atoms with van der Waals surface area (Å²) in [6, 6.07) is 8.28. The SMILES string of the molecule is NNc1ccc(Cl)c(C(=O)Nc2ccccn2)n1. The number of hydrazine groups is 1. The average molecular weight is 264 g/mol. The van der Waals surface area contributed by atoms with Crippen LogP contribution in [0.1, 0.15) is 10.5 Å². The van der Waals surface area contributed by atoms with Crippen LogP contribution >= 0.6 is 11.6 Å². The molecule has 0 atom stereocenters. The lowest BCUT2D eigenvalue weighted by Crippen LogP contribution is -2.17. The molecule has 0 saturated heterocycles. The lowest BCUT2D eigenvalue weighted by Gasteiger charge is -2.06. The second-order valence-corrected chi connectivity index (χ2v) is 3.75. The van der Waals surface area contributed by atoms with Crippen molar-refractivity contribution in [3.8, 4) is 0 Å². The van der Waals surface area contributed by atoms with Crippen LogP contribution in [-0.4, -0.2) is 15.9 Å². The third-order valence-corrected chi connectivity index (χ3v) is 2.42. The summed E-state index contributed by atoms with van der Waals surface area (Å²) in [5, 5.41) is 2.82. The molecule has 0 aliphatic carbocycles. The predicted molar refractivity (Wildman–Crippen MR) is 69.2 cm³/mol. The summed E-state index contributed by atoms with van der Waals surface area (Å²) in [5.41, 5.74) is 2.43. The Morgan fingerprint density at radius 1 is 1.22 bits per heavy atom. The van der Waals surface area contributed by atoms with Crippen LogP contribution in [0, 0.1) is 0 Å². The number of nitrogens with two attached hydrogens (primary N) is 1. The summed E-state index contributed by atoms with van der Waals surface area (Å²) < 4.78 is 0. The van der Waals surface area contributed by atoms with Crippen molar-refractivity contribution in [2.24, 2.45) is 5.84 Å². The Morgan fingerprint density at radius 2 is 2.06 bits per heavy atom. The van der Waals surface area contributed by atoms with Gasteiger partial charge in [-0.2, -0.15) is 0 Å². The van der Waals surface area contributed by atoms with Crippen LogP contribution < -0.4 is 16.6 Å². The van der Waals surface area contributed by atoms with Gasteiger partial charge in [-0.25, -0.2) is 15.8 Å². The van der Waals surface area contributed by atoms with Crippen molar-refractivity contribution in [1.29, 1.82) is 0 Å². The van der Waals surface area contributed by atoms with Crippen molar-refractivity contribution in [1.82, 2.24) is 9.97 Å². The van der Waals surface area contributed by atoms with E-state index in [0.29, 0.717) is 11.6 Å². The molecule has 2 heterocycles. The van der Waals surface area contributed by atoms with Gasteiger partial charge < -0.3 is 10.7 Å². The number of nitrogen functional groups attached to an aromatic ring is 1. The number of aromatic nitrogens is 2. The topological polar surface area (TPSA) is 92.9 Å². The molecule has 0 spiro atoms. The maximum absolute atomic E-state index is 11.9. The molecule has 0 aromatic carbocycles. The first kappa shape index (κ1) is 12.3. The third kappa shape index (κ3) is 2.73. The zero-order chi connectivity index (χ0) is 13.0. The minimum absolute atomic E-state index is 0.0813. The maximum Gasteiger partial charge on any atom is 0.277 e. The Balaban J connectivity index is 2.23. The smallest absolute Gasteiger partial charge is 0.277 e. The second-order valence-electron chi connectivity index (χ2n) is 3.34. The fourth-order valence-corrected chi connectivity index (χ4v) is 1.49. The highest BCUT2D eigenvalue weighted by molar-refractivity contribution is 6.34. The summed E-state index contributed by atoms with van der Waals surface area (Å²) in [7, 11) is 0. The van der Waals surface area contributed by atoms with E-state index in [9.17, 15) is 4.79 Å². The molecule has 6 nitrogen and oxygen atoms in total. The van der Waals surface area contributed by atoms with Crippen LogP contribution in [0.15, 0.2) is 36.5 Å². The summed E-state index contributed by atoms with van der Waals surface area (Å²) in [5.74, 6) is 5.55. The number of amides is 1. The van der Waals surface area contributed by atoms with Gasteiger partial charge in [-0.15, -0.1) is 0 Å². The zero-order valence-corrected chi connectivity index (χ0v) is 9.98. The molecule has 0 radical (unpaired) electrons. The van der Waals surface area contributed by atoms with Gasteiger partial charge in [0, 0.05) is 6.20 Å². The van der Waals surface area contributed by atoms with Crippen molar-refractivity contribution < 1.29 is 4.79 Å². The number of carbonyl (C=O) groups excluding carboxylic acids is 1. The minimum atomic E-state index is -0.448. The van der Waals surface area contributed by atoms with E-state index in [-0.39, 0.29) is 10.7 Å². The van der Waals surface area contributed by atoms with Gasteiger partial charge in [-0.1, -0.05) is 17.7 Å². The lowest BCUT2D eigenvalue weighted by molar-refractivity contribution is 0.102. The number of hydrogen-bond donors (Lipinski definition) is 3. The number of pyridine rings is 2. The Kier molecular flexibility index (Phi) is 3.71. The predicted octanol–water partition coefficient (Wildman–Crippen LogP) is 1.67. The van der Waals surface area contributed by atoms with E-state index < -0.39 is 5.91 Å². The Bertz CT molecular complexity index is 561. The maximum atomic E-state index is 11.9. The standard InChI is InChI=1S/C11H10ClN5O/c12-7-4-5-9(17-13)15-10(7)11(18)16-8-3-1-2-6-14-8/h1-6H,13H2,(H,15,17)(H,14,16,18). The fraction of sp³-hybridized carbons (Fsp3) is 0. The van der Waals surface area contributed by atoms with Crippen LogP contribution in [0.3, 0.4) is 0 Å². The molecule has 4 N–H and O–H groups in total. The number of anilines is 2. The minimum Gasteiger partial charge on any atom is -0.308 e. The van der Waals surface area contributed by atoms with E-state index in [1.165, 1.54) is 6.07 Å². The molecule has 0 bridgehead atoms. The van der Waals surface area contributed by atoms with Gasteiger partial charge >= 0.3 is 0 Å². The first-order valence-corrected chi connectivity index (χ1v) is 5.44. The first-order chi connectivity index (χ1) is 8.70. The van der Waals surface area contributed by atoms with Crippen LogP contribution in [-0.2, 0) is 0 Å². The lowest BCUT2D eigenvalue weighted by atomic mass is 10.3. The summed E-state index contributed by atoms with van der Waals surface area (Å²) >= 11 is 5.90. The van der Waals surface area contributed by atoms with Crippen molar-refractivity contribution in [2.75, 3.05) is 10.7 Å². The quantitative estimate of drug-likeness (QED) is 0.579. The fourth-order valence-electron chi connectivity index (χ4n) is 1.29. The van der Waals surface area contributed by atoms with E-state index in [1.54, 1.807) is 30.5 Å². The first-order valence-electron chi connectivity index (χ1n) is 5.06. The molecule has 2 aromatic heterocycles. The van der Waals surface area contributed by atoms with Gasteiger partial charge in [-0.05, 0) is 24.3 Å². The number of carbonyl (C=O) groups is 1. The highest BCUT2D eigenvalue weighted by atomic mass is 35.5. The Hall–Kier alpha value is -2.18. The highest BCUT2D eigenvalue weighted by Crippen LogP contribution is 2.17. The largest absolute Gasteiger partial charge is 0.308 e. The van der Waals surface area contributed by atoms with Crippen LogP contribution in [0.25, 0.3) is 0 Å². The molecule has 18 heavy (non-hydrogen) atoms.